The molecule has 1 spiro atoms. The fourth-order valence-electron chi connectivity index (χ4n) is 9.74. The molecule has 11 heteroatoms. The number of hydrogen-bond donors (Lipinski definition) is 1. The molecule has 0 amide bonds. The van der Waals surface area contributed by atoms with Crippen molar-refractivity contribution in [1.29, 1.82) is 0 Å². The summed E-state index contributed by atoms with van der Waals surface area (Å²) in [7, 11) is -8.21. The van der Waals surface area contributed by atoms with Crippen LogP contribution in [-0.4, -0.2) is 53.9 Å². The molecule has 6 heterocycles. The zero-order chi connectivity index (χ0) is 34.7. The average Bonchev–Trinajstić information content (AvgIpc) is 3.37. The lowest BCUT2D eigenvalue weighted by atomic mass is 9.73. The Balaban J connectivity index is 1.16. The number of sulfone groups is 1. The van der Waals surface area contributed by atoms with E-state index in [1.807, 2.05) is 0 Å². The number of ether oxygens (including phenoxy) is 1. The molecule has 9 nitrogen and oxygen atoms in total. The minimum Gasteiger partial charge on any atom is -0.508 e. The van der Waals surface area contributed by atoms with Crippen LogP contribution in [0.3, 0.4) is 0 Å². The topological polar surface area (TPSA) is 113 Å². The number of nitrogens with zero attached hydrogens (tertiary/aromatic N) is 2. The Morgan fingerprint density at radius 3 is 1.88 bits per heavy atom. The molecule has 0 bridgehead atoms. The van der Waals surface area contributed by atoms with E-state index in [0.717, 1.165) is 94.2 Å². The van der Waals surface area contributed by atoms with Crippen molar-refractivity contribution in [2.45, 2.75) is 79.6 Å². The van der Waals surface area contributed by atoms with Gasteiger partial charge in [-0.15, -0.1) is 0 Å². The Kier molecular flexibility index (Phi) is 6.96. The van der Waals surface area contributed by atoms with Gasteiger partial charge in [-0.05, 0) is 117 Å². The first-order chi connectivity index (χ1) is 24.6. The molecule has 51 heavy (non-hydrogen) atoms. The van der Waals surface area contributed by atoms with Crippen molar-refractivity contribution in [2.75, 3.05) is 41.7 Å². The minimum absolute atomic E-state index is 0.0314. The normalized spacial score (nSPS) is 20.2. The van der Waals surface area contributed by atoms with Crippen molar-refractivity contribution in [2.24, 2.45) is 0 Å². The minimum atomic E-state index is -4.39. The first-order valence-electron chi connectivity index (χ1n) is 18.3. The number of aryl methyl sites for hydroxylation is 3. The van der Waals surface area contributed by atoms with E-state index in [1.165, 1.54) is 28.6 Å². The SMILES string of the molecule is O=S(=O)(CCCc1ccc(O)cc1)c1ccc2c(c1)S(=O)(=O)OC21c2cc3c4c(c2Oc2c1cc1c5c2CCCN5CCC1)CCCN4CCC3. The van der Waals surface area contributed by atoms with E-state index in [1.54, 1.807) is 36.4 Å². The van der Waals surface area contributed by atoms with Crippen molar-refractivity contribution in [3.63, 3.8) is 0 Å². The highest BCUT2D eigenvalue weighted by Gasteiger charge is 2.58. The summed E-state index contributed by atoms with van der Waals surface area (Å²) in [5.74, 6) is 1.41. The summed E-state index contributed by atoms with van der Waals surface area (Å²) in [4.78, 5) is 4.79. The highest BCUT2D eigenvalue weighted by Crippen LogP contribution is 2.63. The van der Waals surface area contributed by atoms with E-state index >= 15 is 0 Å². The number of phenols is 1. The van der Waals surface area contributed by atoms with E-state index in [4.69, 9.17) is 8.92 Å². The lowest BCUT2D eigenvalue weighted by Gasteiger charge is -2.45. The predicted octanol–water partition coefficient (Wildman–Crippen LogP) is 6.31. The Morgan fingerprint density at radius 1 is 0.725 bits per heavy atom. The number of aromatic hydroxyl groups is 1. The average molecular weight is 725 g/mol. The number of phenolic OH excluding ortho intramolecular Hbond substituents is 1. The van der Waals surface area contributed by atoms with Crippen LogP contribution in [0.25, 0.3) is 0 Å². The van der Waals surface area contributed by atoms with Crippen LogP contribution in [0, 0.1) is 0 Å². The molecule has 264 valence electrons. The van der Waals surface area contributed by atoms with Crippen molar-refractivity contribution in [3.05, 3.63) is 99.1 Å². The Labute approximate surface area is 298 Å². The summed E-state index contributed by atoms with van der Waals surface area (Å²) in [5, 5.41) is 9.60. The van der Waals surface area contributed by atoms with Gasteiger partial charge in [0.1, 0.15) is 22.1 Å². The van der Waals surface area contributed by atoms with Gasteiger partial charge in [-0.1, -0.05) is 18.2 Å². The first-order valence-corrected chi connectivity index (χ1v) is 21.4. The quantitative estimate of drug-likeness (QED) is 0.237. The Bertz CT molecular complexity index is 2290. The number of benzene rings is 4. The molecule has 0 saturated carbocycles. The van der Waals surface area contributed by atoms with Gasteiger partial charge >= 0.3 is 0 Å². The second-order valence-corrected chi connectivity index (χ2v) is 18.6. The fourth-order valence-corrected chi connectivity index (χ4v) is 12.6. The van der Waals surface area contributed by atoms with E-state index < -0.39 is 25.6 Å². The summed E-state index contributed by atoms with van der Waals surface area (Å²) in [6.45, 7) is 3.98. The molecule has 0 aliphatic carbocycles. The smallest absolute Gasteiger partial charge is 0.298 e. The monoisotopic (exact) mass is 724 g/mol. The fraction of sp³-hybridized carbons (Fsp3) is 0.400. The highest BCUT2D eigenvalue weighted by molar-refractivity contribution is 7.91. The summed E-state index contributed by atoms with van der Waals surface area (Å²) in [6, 6.07) is 15.5. The molecule has 6 aliphatic rings. The molecule has 0 atom stereocenters. The van der Waals surface area contributed by atoms with Crippen molar-refractivity contribution >= 4 is 31.3 Å². The zero-order valence-electron chi connectivity index (χ0n) is 28.4. The van der Waals surface area contributed by atoms with Gasteiger partial charge in [0, 0.05) is 65.4 Å². The third-order valence-corrected chi connectivity index (χ3v) is 15.1. The van der Waals surface area contributed by atoms with Gasteiger partial charge in [0.15, 0.2) is 15.4 Å². The van der Waals surface area contributed by atoms with Crippen LogP contribution < -0.4 is 14.5 Å². The summed E-state index contributed by atoms with van der Waals surface area (Å²) >= 11 is 0. The number of fused-ring (bicyclic) bond motifs is 8. The van der Waals surface area contributed by atoms with Crippen LogP contribution in [0.1, 0.15) is 76.6 Å². The summed E-state index contributed by atoms with van der Waals surface area (Å²) < 4.78 is 69.8. The third kappa shape index (κ3) is 4.66. The number of rotatable bonds is 5. The van der Waals surface area contributed by atoms with E-state index in [2.05, 4.69) is 21.9 Å². The van der Waals surface area contributed by atoms with Gasteiger partial charge in [-0.2, -0.15) is 8.42 Å². The number of hydrogen-bond acceptors (Lipinski definition) is 9. The molecule has 4 aromatic carbocycles. The molecule has 0 saturated heterocycles. The maximum Gasteiger partial charge on any atom is 0.298 e. The Hall–Kier alpha value is -4.06. The maximum absolute atomic E-state index is 14.4. The standard InChI is InChI=1S/C40H40N2O7S2/c43-28-13-11-25(12-14-28)6-5-21-50(44,45)29-15-16-32-35(24-29)51(46,47)49-40(32)33-22-26-7-1-17-41-19-3-9-30(36(26)41)38(33)48-39-31-10-4-20-42-18-2-8-27(37(31)42)23-34(39)40/h11-16,22-24,43H,1-10,17-21H2. The maximum atomic E-state index is 14.4. The largest absolute Gasteiger partial charge is 0.508 e. The zero-order valence-corrected chi connectivity index (χ0v) is 30.0. The van der Waals surface area contributed by atoms with Crippen LogP contribution in [0.15, 0.2) is 64.4 Å². The van der Waals surface area contributed by atoms with Crippen LogP contribution in [0.5, 0.6) is 17.2 Å². The summed E-state index contributed by atoms with van der Waals surface area (Å²) in [5.41, 5.74) is 8.35. The van der Waals surface area contributed by atoms with E-state index in [0.29, 0.717) is 41.0 Å². The van der Waals surface area contributed by atoms with Crippen molar-refractivity contribution in [1.82, 2.24) is 0 Å². The van der Waals surface area contributed by atoms with Gasteiger partial charge in [0.05, 0.1) is 10.6 Å². The molecule has 0 unspecified atom stereocenters. The molecule has 0 aromatic heterocycles. The lowest BCUT2D eigenvalue weighted by Crippen LogP contribution is -2.40. The Morgan fingerprint density at radius 2 is 1.29 bits per heavy atom. The van der Waals surface area contributed by atoms with E-state index in [-0.39, 0.29) is 21.3 Å². The third-order valence-electron chi connectivity index (χ3n) is 11.9. The second-order valence-electron chi connectivity index (χ2n) is 14.9. The molecule has 1 N–H and O–H groups in total. The molecule has 0 fully saturated rings. The van der Waals surface area contributed by atoms with Crippen LogP contribution in [0.2, 0.25) is 0 Å². The lowest BCUT2D eigenvalue weighted by molar-refractivity contribution is 0.162. The first kappa shape index (κ1) is 31.7. The van der Waals surface area contributed by atoms with Crippen LogP contribution in [0.4, 0.5) is 11.4 Å². The van der Waals surface area contributed by atoms with Gasteiger partial charge < -0.3 is 19.6 Å². The van der Waals surface area contributed by atoms with Crippen LogP contribution in [-0.2, 0) is 61.8 Å². The van der Waals surface area contributed by atoms with Crippen molar-refractivity contribution < 1.29 is 30.9 Å². The van der Waals surface area contributed by atoms with Gasteiger partial charge in [0.2, 0.25) is 0 Å². The van der Waals surface area contributed by atoms with Gasteiger partial charge in [-0.3, -0.25) is 0 Å². The molecule has 10 rings (SSSR count). The van der Waals surface area contributed by atoms with Crippen LogP contribution >= 0.6 is 0 Å². The van der Waals surface area contributed by atoms with Crippen molar-refractivity contribution in [3.8, 4) is 17.2 Å². The second kappa shape index (κ2) is 11.2. The molecular weight excluding hydrogens is 685 g/mol. The molecule has 0 radical (unpaired) electrons. The highest BCUT2D eigenvalue weighted by atomic mass is 32.2. The summed E-state index contributed by atoms with van der Waals surface area (Å²) in [6.07, 6.45) is 8.32. The molecule has 4 aromatic rings. The molecular formula is C40H40N2O7S2. The molecule has 6 aliphatic heterocycles. The van der Waals surface area contributed by atoms with Gasteiger partial charge in [0.25, 0.3) is 10.1 Å². The number of anilines is 2. The predicted molar refractivity (Wildman–Crippen MR) is 194 cm³/mol. The van der Waals surface area contributed by atoms with Gasteiger partial charge in [-0.25, -0.2) is 12.6 Å². The van der Waals surface area contributed by atoms with E-state index in [9.17, 15) is 21.9 Å².